The zero-order valence-electron chi connectivity index (χ0n) is 11.3. The smallest absolute Gasteiger partial charge is 0.0647 e. The van der Waals surface area contributed by atoms with Crippen LogP contribution in [0.5, 0.6) is 0 Å². The summed E-state index contributed by atoms with van der Waals surface area (Å²) in [5.41, 5.74) is -0.281. The molecular weight excluding hydrogens is 196 g/mol. The highest BCUT2D eigenvalue weighted by Crippen LogP contribution is 2.32. The minimum Gasteiger partial charge on any atom is -0.390 e. The van der Waals surface area contributed by atoms with E-state index < -0.39 is 0 Å². The van der Waals surface area contributed by atoms with Crippen molar-refractivity contribution in [2.24, 2.45) is 5.92 Å². The molecule has 0 aliphatic heterocycles. The summed E-state index contributed by atoms with van der Waals surface area (Å²) < 4.78 is 0. The quantitative estimate of drug-likeness (QED) is 0.625. The lowest BCUT2D eigenvalue weighted by Crippen LogP contribution is -2.30. The van der Waals surface area contributed by atoms with Crippen LogP contribution in [0, 0.1) is 5.92 Å². The van der Waals surface area contributed by atoms with E-state index in [2.05, 4.69) is 13.8 Å². The Morgan fingerprint density at radius 3 is 2.19 bits per heavy atom. The number of hydrogen-bond donors (Lipinski definition) is 1. The fourth-order valence-corrected chi connectivity index (χ4v) is 2.82. The number of rotatable bonds is 7. The van der Waals surface area contributed by atoms with Crippen LogP contribution in [0.15, 0.2) is 0 Å². The van der Waals surface area contributed by atoms with Crippen LogP contribution < -0.4 is 0 Å². The first-order valence-corrected chi connectivity index (χ1v) is 7.35. The summed E-state index contributed by atoms with van der Waals surface area (Å²) in [7, 11) is 0. The lowest BCUT2D eigenvalue weighted by molar-refractivity contribution is -0.00588. The summed E-state index contributed by atoms with van der Waals surface area (Å²) in [5, 5.41) is 10.3. The highest BCUT2D eigenvalue weighted by molar-refractivity contribution is 4.81. The molecule has 0 bridgehead atoms. The summed E-state index contributed by atoms with van der Waals surface area (Å²) in [6, 6.07) is 0. The Morgan fingerprint density at radius 2 is 1.56 bits per heavy atom. The van der Waals surface area contributed by atoms with Crippen LogP contribution in [-0.2, 0) is 0 Å². The Labute approximate surface area is 102 Å². The van der Waals surface area contributed by atoms with Gasteiger partial charge in [0.25, 0.3) is 0 Å². The molecule has 1 saturated carbocycles. The molecular formula is C15H30O. The van der Waals surface area contributed by atoms with Crippen LogP contribution in [0.2, 0.25) is 0 Å². The zero-order chi connectivity index (χ0) is 11.9. The molecule has 96 valence electrons. The molecule has 1 rings (SSSR count). The van der Waals surface area contributed by atoms with Crippen LogP contribution >= 0.6 is 0 Å². The van der Waals surface area contributed by atoms with Gasteiger partial charge in [0.15, 0.2) is 0 Å². The molecule has 1 heteroatoms. The summed E-state index contributed by atoms with van der Waals surface area (Å²) in [6.45, 7) is 4.59. The number of unbranched alkanes of at least 4 members (excludes halogenated alkanes) is 3. The SMILES string of the molecule is CC(C)CCCCCCC1(O)CCCCC1. The Bertz CT molecular complexity index is 168. The van der Waals surface area contributed by atoms with Crippen molar-refractivity contribution in [2.45, 2.75) is 90.1 Å². The van der Waals surface area contributed by atoms with Crippen molar-refractivity contribution in [3.63, 3.8) is 0 Å². The zero-order valence-corrected chi connectivity index (χ0v) is 11.3. The van der Waals surface area contributed by atoms with E-state index in [9.17, 15) is 5.11 Å². The molecule has 1 aliphatic carbocycles. The first kappa shape index (κ1) is 14.0. The van der Waals surface area contributed by atoms with Gasteiger partial charge in [0.1, 0.15) is 0 Å². The van der Waals surface area contributed by atoms with E-state index >= 15 is 0 Å². The third-order valence-corrected chi connectivity index (χ3v) is 3.96. The standard InChI is InChI=1S/C15H30O/c1-14(2)10-6-3-4-7-11-15(16)12-8-5-9-13-15/h14,16H,3-13H2,1-2H3. The van der Waals surface area contributed by atoms with Crippen molar-refractivity contribution < 1.29 is 5.11 Å². The van der Waals surface area contributed by atoms with Gasteiger partial charge in [0.2, 0.25) is 0 Å². The van der Waals surface area contributed by atoms with E-state index in [-0.39, 0.29) is 5.60 Å². The molecule has 0 heterocycles. The molecule has 0 aromatic carbocycles. The maximum Gasteiger partial charge on any atom is 0.0647 e. The second-order valence-corrected chi connectivity index (χ2v) is 6.13. The van der Waals surface area contributed by atoms with E-state index in [1.54, 1.807) is 0 Å². The first-order chi connectivity index (χ1) is 7.62. The molecule has 1 N–H and O–H groups in total. The Morgan fingerprint density at radius 1 is 0.938 bits per heavy atom. The first-order valence-electron chi connectivity index (χ1n) is 7.35. The van der Waals surface area contributed by atoms with Gasteiger partial charge in [-0.3, -0.25) is 0 Å². The van der Waals surface area contributed by atoms with Crippen molar-refractivity contribution in [1.29, 1.82) is 0 Å². The summed E-state index contributed by atoms with van der Waals surface area (Å²) in [4.78, 5) is 0. The van der Waals surface area contributed by atoms with Crippen molar-refractivity contribution in [3.8, 4) is 0 Å². The minimum absolute atomic E-state index is 0.281. The average molecular weight is 226 g/mol. The third kappa shape index (κ3) is 5.89. The topological polar surface area (TPSA) is 20.2 Å². The van der Waals surface area contributed by atoms with E-state index in [1.165, 1.54) is 51.4 Å². The molecule has 1 aliphatic rings. The second-order valence-electron chi connectivity index (χ2n) is 6.13. The minimum atomic E-state index is -0.281. The van der Waals surface area contributed by atoms with E-state index in [0.29, 0.717) is 0 Å². The lowest BCUT2D eigenvalue weighted by atomic mass is 9.81. The van der Waals surface area contributed by atoms with Crippen molar-refractivity contribution >= 4 is 0 Å². The molecule has 0 unspecified atom stereocenters. The van der Waals surface area contributed by atoms with Gasteiger partial charge in [-0.25, -0.2) is 0 Å². The molecule has 0 aromatic heterocycles. The van der Waals surface area contributed by atoms with E-state index in [0.717, 1.165) is 25.2 Å². The maximum atomic E-state index is 10.3. The van der Waals surface area contributed by atoms with Gasteiger partial charge in [0.05, 0.1) is 5.60 Å². The fourth-order valence-electron chi connectivity index (χ4n) is 2.82. The average Bonchev–Trinajstić information content (AvgIpc) is 2.24. The van der Waals surface area contributed by atoms with E-state index in [1.807, 2.05) is 0 Å². The van der Waals surface area contributed by atoms with Gasteiger partial charge >= 0.3 is 0 Å². The summed E-state index contributed by atoms with van der Waals surface area (Å²) in [6.07, 6.45) is 13.6. The molecule has 0 spiro atoms. The predicted molar refractivity (Wildman–Crippen MR) is 70.6 cm³/mol. The molecule has 0 saturated heterocycles. The largest absolute Gasteiger partial charge is 0.390 e. The van der Waals surface area contributed by atoms with Crippen LogP contribution in [-0.4, -0.2) is 10.7 Å². The molecule has 16 heavy (non-hydrogen) atoms. The van der Waals surface area contributed by atoms with Gasteiger partial charge in [-0.05, 0) is 25.2 Å². The van der Waals surface area contributed by atoms with Crippen molar-refractivity contribution in [2.75, 3.05) is 0 Å². The number of aliphatic hydroxyl groups is 1. The number of hydrogen-bond acceptors (Lipinski definition) is 1. The highest BCUT2D eigenvalue weighted by Gasteiger charge is 2.27. The molecule has 0 atom stereocenters. The summed E-state index contributed by atoms with van der Waals surface area (Å²) in [5.74, 6) is 0.850. The van der Waals surface area contributed by atoms with Crippen molar-refractivity contribution in [3.05, 3.63) is 0 Å². The normalized spacial score (nSPS) is 20.2. The maximum absolute atomic E-state index is 10.3. The predicted octanol–water partition coefficient (Wildman–Crippen LogP) is 4.68. The van der Waals surface area contributed by atoms with Gasteiger partial charge < -0.3 is 5.11 Å². The summed E-state index contributed by atoms with van der Waals surface area (Å²) >= 11 is 0. The van der Waals surface area contributed by atoms with Crippen LogP contribution in [0.25, 0.3) is 0 Å². The van der Waals surface area contributed by atoms with Gasteiger partial charge in [-0.15, -0.1) is 0 Å². The van der Waals surface area contributed by atoms with Crippen LogP contribution in [0.3, 0.4) is 0 Å². The molecule has 1 nitrogen and oxygen atoms in total. The van der Waals surface area contributed by atoms with Gasteiger partial charge in [-0.1, -0.05) is 65.2 Å². The molecule has 1 fully saturated rings. The monoisotopic (exact) mass is 226 g/mol. The fraction of sp³-hybridized carbons (Fsp3) is 1.00. The molecule has 0 aromatic rings. The molecule has 0 amide bonds. The van der Waals surface area contributed by atoms with Crippen molar-refractivity contribution in [1.82, 2.24) is 0 Å². The Balaban J connectivity index is 1.97. The third-order valence-electron chi connectivity index (χ3n) is 3.96. The lowest BCUT2D eigenvalue weighted by Gasteiger charge is -2.32. The highest BCUT2D eigenvalue weighted by atomic mass is 16.3. The Kier molecular flexibility index (Phi) is 6.41. The van der Waals surface area contributed by atoms with E-state index in [4.69, 9.17) is 0 Å². The van der Waals surface area contributed by atoms with Gasteiger partial charge in [0, 0.05) is 0 Å². The molecule has 0 radical (unpaired) electrons. The van der Waals surface area contributed by atoms with Crippen LogP contribution in [0.1, 0.15) is 84.5 Å². The van der Waals surface area contributed by atoms with Crippen LogP contribution in [0.4, 0.5) is 0 Å². The second kappa shape index (κ2) is 7.32. The Hall–Kier alpha value is -0.0400. The van der Waals surface area contributed by atoms with Gasteiger partial charge in [-0.2, -0.15) is 0 Å².